The van der Waals surface area contributed by atoms with E-state index in [1.54, 1.807) is 0 Å². The van der Waals surface area contributed by atoms with Crippen LogP contribution in [-0.2, 0) is 38.4 Å². The molecule has 38 heavy (non-hydrogen) atoms. The lowest BCUT2D eigenvalue weighted by Gasteiger charge is -2.19. The zero-order chi connectivity index (χ0) is 28.5. The Kier molecular flexibility index (Phi) is 12.0. The number of sulfone groups is 1. The summed E-state index contributed by atoms with van der Waals surface area (Å²) in [6.45, 7) is 3.10. The molecule has 2 aromatic carbocycles. The van der Waals surface area contributed by atoms with Crippen molar-refractivity contribution < 1.29 is 46.5 Å². The fourth-order valence-electron chi connectivity index (χ4n) is 2.95. The van der Waals surface area contributed by atoms with E-state index in [1.807, 2.05) is 0 Å². The summed E-state index contributed by atoms with van der Waals surface area (Å²) in [5.74, 6) is -1.37. The van der Waals surface area contributed by atoms with Crippen molar-refractivity contribution in [1.29, 1.82) is 0 Å². The molecule has 2 atom stereocenters. The Morgan fingerprint density at radius 1 is 0.763 bits per heavy atom. The molecule has 0 unspecified atom stereocenters. The second-order valence-electron chi connectivity index (χ2n) is 7.73. The number of esters is 3. The highest BCUT2D eigenvalue weighted by molar-refractivity contribution is 7.91. The van der Waals surface area contributed by atoms with E-state index in [-0.39, 0.29) is 51.3 Å². The smallest absolute Gasteiger partial charge is 0.303 e. The van der Waals surface area contributed by atoms with Crippen molar-refractivity contribution in [3.8, 4) is 11.5 Å². The molecule has 0 aliphatic heterocycles. The van der Waals surface area contributed by atoms with Gasteiger partial charge in [-0.2, -0.15) is 0 Å². The molecule has 2 aromatic rings. The molecule has 0 bridgehead atoms. The lowest BCUT2D eigenvalue weighted by molar-refractivity contribution is -0.158. The Hall–Kier alpha value is -2.73. The van der Waals surface area contributed by atoms with Gasteiger partial charge >= 0.3 is 17.9 Å². The molecule has 14 heteroatoms. The standard InChI is InChI=1S/C24H25Cl3O10S/c1-14(28)33-12-19(37-16(3)30)13-35-24-22(26)8-21(9-23(24)27)38(31,32)20-6-4-17(5-7-20)34-11-18(10-25)36-15(2)29/h4-9,18-19H,10-13H2,1-3H3/t18-,19+/m0/s1. The quantitative estimate of drug-likeness (QED) is 0.184. The maximum Gasteiger partial charge on any atom is 0.303 e. The average Bonchev–Trinajstić information content (AvgIpc) is 2.83. The normalized spacial score (nSPS) is 12.7. The Morgan fingerprint density at radius 3 is 1.79 bits per heavy atom. The van der Waals surface area contributed by atoms with E-state index in [1.165, 1.54) is 57.2 Å². The fraction of sp³-hybridized carbons (Fsp3) is 0.375. The third-order valence-electron chi connectivity index (χ3n) is 4.58. The van der Waals surface area contributed by atoms with Crippen molar-refractivity contribution >= 4 is 62.5 Å². The van der Waals surface area contributed by atoms with Crippen molar-refractivity contribution in [3.63, 3.8) is 0 Å². The van der Waals surface area contributed by atoms with Gasteiger partial charge in [0.25, 0.3) is 0 Å². The number of carbonyl (C=O) groups excluding carboxylic acids is 3. The molecule has 0 amide bonds. The second kappa shape index (κ2) is 14.4. The number of ether oxygens (including phenoxy) is 5. The summed E-state index contributed by atoms with van der Waals surface area (Å²) < 4.78 is 52.2. The molecule has 0 aliphatic rings. The minimum atomic E-state index is -4.03. The van der Waals surface area contributed by atoms with Crippen LogP contribution in [0.1, 0.15) is 20.8 Å². The molecule has 0 aliphatic carbocycles. The largest absolute Gasteiger partial charge is 0.490 e. The van der Waals surface area contributed by atoms with Crippen LogP contribution >= 0.6 is 34.8 Å². The van der Waals surface area contributed by atoms with Crippen LogP contribution in [0.25, 0.3) is 0 Å². The summed E-state index contributed by atoms with van der Waals surface area (Å²) in [6, 6.07) is 7.86. The molecule has 0 heterocycles. The van der Waals surface area contributed by atoms with E-state index in [0.717, 1.165) is 0 Å². The van der Waals surface area contributed by atoms with Crippen LogP contribution in [-0.4, -0.2) is 64.2 Å². The lowest BCUT2D eigenvalue weighted by atomic mass is 10.3. The predicted molar refractivity (Wildman–Crippen MR) is 138 cm³/mol. The molecule has 0 aromatic heterocycles. The highest BCUT2D eigenvalue weighted by atomic mass is 35.5. The number of carbonyl (C=O) groups is 3. The summed E-state index contributed by atoms with van der Waals surface area (Å²) in [5, 5.41) is -0.217. The van der Waals surface area contributed by atoms with Crippen LogP contribution in [0.15, 0.2) is 46.2 Å². The fourth-order valence-corrected chi connectivity index (χ4v) is 5.14. The Balaban J connectivity index is 2.15. The monoisotopic (exact) mass is 610 g/mol. The topological polar surface area (TPSA) is 132 Å². The zero-order valence-corrected chi connectivity index (χ0v) is 23.7. The van der Waals surface area contributed by atoms with Gasteiger partial charge in [-0.1, -0.05) is 23.2 Å². The predicted octanol–water partition coefficient (Wildman–Crippen LogP) is 4.25. The number of rotatable bonds is 13. The van der Waals surface area contributed by atoms with Crippen LogP contribution < -0.4 is 9.47 Å². The van der Waals surface area contributed by atoms with Crippen LogP contribution in [0.2, 0.25) is 10.0 Å². The second-order valence-corrected chi connectivity index (χ2v) is 10.8. The molecule has 0 N–H and O–H groups in total. The van der Waals surface area contributed by atoms with Crippen LogP contribution in [0.3, 0.4) is 0 Å². The van der Waals surface area contributed by atoms with Crippen LogP contribution in [0, 0.1) is 0 Å². The minimum absolute atomic E-state index is 0.0129. The Labute approximate surface area is 234 Å². The lowest BCUT2D eigenvalue weighted by Crippen LogP contribution is -2.30. The molecule has 2 rings (SSSR count). The van der Waals surface area contributed by atoms with Crippen molar-refractivity contribution in [1.82, 2.24) is 0 Å². The molecule has 208 valence electrons. The number of benzene rings is 2. The van der Waals surface area contributed by atoms with Crippen molar-refractivity contribution in [2.45, 2.75) is 42.8 Å². The zero-order valence-electron chi connectivity index (χ0n) is 20.6. The van der Waals surface area contributed by atoms with Gasteiger partial charge in [0, 0.05) is 20.8 Å². The Morgan fingerprint density at radius 2 is 1.29 bits per heavy atom. The molecule has 0 spiro atoms. The van der Waals surface area contributed by atoms with Crippen molar-refractivity contribution in [3.05, 3.63) is 46.4 Å². The highest BCUT2D eigenvalue weighted by Gasteiger charge is 2.23. The summed E-state index contributed by atoms with van der Waals surface area (Å²) in [5.41, 5.74) is 0. The summed E-state index contributed by atoms with van der Waals surface area (Å²) in [7, 11) is -4.03. The number of alkyl halides is 1. The van der Waals surface area contributed by atoms with Gasteiger partial charge in [-0.3, -0.25) is 14.4 Å². The molecule has 10 nitrogen and oxygen atoms in total. The van der Waals surface area contributed by atoms with Gasteiger partial charge in [-0.25, -0.2) is 8.42 Å². The first-order chi connectivity index (χ1) is 17.8. The van der Waals surface area contributed by atoms with Crippen molar-refractivity contribution in [2.24, 2.45) is 0 Å². The molecule has 0 saturated heterocycles. The van der Waals surface area contributed by atoms with Gasteiger partial charge in [-0.05, 0) is 36.4 Å². The molecular formula is C24H25Cl3O10S. The van der Waals surface area contributed by atoms with Crippen LogP contribution in [0.5, 0.6) is 11.5 Å². The highest BCUT2D eigenvalue weighted by Crippen LogP contribution is 2.37. The maximum atomic E-state index is 13.2. The van der Waals surface area contributed by atoms with E-state index in [9.17, 15) is 22.8 Å². The Bertz CT molecular complexity index is 1230. The molecule has 0 radical (unpaired) electrons. The van der Waals surface area contributed by atoms with Crippen LogP contribution in [0.4, 0.5) is 0 Å². The van der Waals surface area contributed by atoms with Gasteiger partial charge in [0.15, 0.2) is 11.9 Å². The number of hydrogen-bond acceptors (Lipinski definition) is 10. The van der Waals surface area contributed by atoms with E-state index in [2.05, 4.69) is 0 Å². The molecule has 0 fully saturated rings. The third kappa shape index (κ3) is 9.54. The molecule has 0 saturated carbocycles. The first-order valence-corrected chi connectivity index (χ1v) is 13.7. The first kappa shape index (κ1) is 31.5. The van der Waals surface area contributed by atoms with E-state index in [0.29, 0.717) is 5.75 Å². The first-order valence-electron chi connectivity index (χ1n) is 11.0. The minimum Gasteiger partial charge on any atom is -0.490 e. The number of hydrogen-bond donors (Lipinski definition) is 0. The SMILES string of the molecule is CC(=O)OC[C@H](COc1c(Cl)cc(S(=O)(=O)c2ccc(OC[C@H](CCl)OC(C)=O)cc2)cc1Cl)OC(C)=O. The summed E-state index contributed by atoms with van der Waals surface area (Å²) in [6.07, 6.45) is -1.60. The van der Waals surface area contributed by atoms with E-state index < -0.39 is 40.0 Å². The van der Waals surface area contributed by atoms with Gasteiger partial charge in [0.05, 0.1) is 25.7 Å². The van der Waals surface area contributed by atoms with E-state index in [4.69, 9.17) is 58.5 Å². The number of halogens is 3. The summed E-state index contributed by atoms with van der Waals surface area (Å²) >= 11 is 18.3. The summed E-state index contributed by atoms with van der Waals surface area (Å²) in [4.78, 5) is 33.2. The average molecular weight is 612 g/mol. The van der Waals surface area contributed by atoms with Crippen molar-refractivity contribution in [2.75, 3.05) is 25.7 Å². The van der Waals surface area contributed by atoms with Gasteiger partial charge in [0.1, 0.15) is 31.7 Å². The maximum absolute atomic E-state index is 13.2. The molecular weight excluding hydrogens is 587 g/mol. The third-order valence-corrected chi connectivity index (χ3v) is 7.23. The van der Waals surface area contributed by atoms with E-state index >= 15 is 0 Å². The van der Waals surface area contributed by atoms with Gasteiger partial charge in [-0.15, -0.1) is 11.6 Å². The van der Waals surface area contributed by atoms with Gasteiger partial charge in [0.2, 0.25) is 9.84 Å². The van der Waals surface area contributed by atoms with Gasteiger partial charge < -0.3 is 23.7 Å².